The highest BCUT2D eigenvalue weighted by Crippen LogP contribution is 2.19. The molecule has 17 heavy (non-hydrogen) atoms. The second-order valence-electron chi connectivity index (χ2n) is 3.88. The molecule has 0 radical (unpaired) electrons. The molecule has 0 saturated carbocycles. The quantitative estimate of drug-likeness (QED) is 0.638. The second kappa shape index (κ2) is 5.79. The molecule has 1 aromatic heterocycles. The lowest BCUT2D eigenvalue weighted by molar-refractivity contribution is -0.389. The van der Waals surface area contributed by atoms with Gasteiger partial charge in [0.25, 0.3) is 0 Å². The zero-order chi connectivity index (χ0) is 11.5. The molecular formula is C10H15ClN4O2. The van der Waals surface area contributed by atoms with Crippen molar-refractivity contribution in [3.05, 3.63) is 28.4 Å². The lowest BCUT2D eigenvalue weighted by Crippen LogP contribution is -2.49. The number of piperazine rings is 1. The average molecular weight is 259 g/mol. The van der Waals surface area contributed by atoms with Gasteiger partial charge in [-0.2, -0.15) is 0 Å². The van der Waals surface area contributed by atoms with Gasteiger partial charge < -0.3 is 20.3 Å². The number of pyridine rings is 1. The third-order valence-electron chi connectivity index (χ3n) is 2.75. The summed E-state index contributed by atoms with van der Waals surface area (Å²) in [6.45, 7) is 4.88. The van der Waals surface area contributed by atoms with E-state index in [9.17, 15) is 10.1 Å². The predicted octanol–water partition coefficient (Wildman–Crippen LogP) is 1.21. The van der Waals surface area contributed by atoms with Crippen molar-refractivity contribution in [1.82, 2.24) is 10.3 Å². The first-order chi connectivity index (χ1) is 7.68. The first-order valence-electron chi connectivity index (χ1n) is 5.26. The average Bonchev–Trinajstić information content (AvgIpc) is 2.30. The molecule has 0 aromatic carbocycles. The fourth-order valence-corrected chi connectivity index (χ4v) is 1.88. The summed E-state index contributed by atoms with van der Waals surface area (Å²) in [7, 11) is 0. The smallest absolute Gasteiger partial charge is 0.363 e. The van der Waals surface area contributed by atoms with Crippen molar-refractivity contribution in [1.29, 1.82) is 0 Å². The summed E-state index contributed by atoms with van der Waals surface area (Å²) in [5, 5.41) is 13.8. The molecule has 0 aliphatic carbocycles. The van der Waals surface area contributed by atoms with Gasteiger partial charge in [0.1, 0.15) is 0 Å². The van der Waals surface area contributed by atoms with E-state index in [-0.39, 0.29) is 18.2 Å². The van der Waals surface area contributed by atoms with Gasteiger partial charge in [-0.25, -0.2) is 0 Å². The standard InChI is InChI=1S/C10H14N4O2.ClH/c1-8-6-11-4-5-13(8)9-2-3-10(12-7-9)14(15)16;/h2-3,7-8,11H,4-6H2,1H3;1H. The Labute approximate surface area is 106 Å². The third-order valence-corrected chi connectivity index (χ3v) is 2.75. The van der Waals surface area contributed by atoms with Crippen molar-refractivity contribution in [2.75, 3.05) is 24.5 Å². The van der Waals surface area contributed by atoms with Crippen molar-refractivity contribution >= 4 is 23.9 Å². The molecule has 1 saturated heterocycles. The van der Waals surface area contributed by atoms with E-state index in [1.165, 1.54) is 6.07 Å². The van der Waals surface area contributed by atoms with Crippen LogP contribution in [0.2, 0.25) is 0 Å². The fourth-order valence-electron chi connectivity index (χ4n) is 1.88. The lowest BCUT2D eigenvalue weighted by atomic mass is 10.2. The fraction of sp³-hybridized carbons (Fsp3) is 0.500. The van der Waals surface area contributed by atoms with Gasteiger partial charge in [-0.15, -0.1) is 12.4 Å². The Kier molecular flexibility index (Phi) is 4.65. The van der Waals surface area contributed by atoms with Crippen LogP contribution in [0.4, 0.5) is 11.5 Å². The molecule has 2 rings (SSSR count). The summed E-state index contributed by atoms with van der Waals surface area (Å²) < 4.78 is 0. The molecule has 6 nitrogen and oxygen atoms in total. The molecule has 0 amide bonds. The molecule has 1 N–H and O–H groups in total. The molecule has 7 heteroatoms. The third kappa shape index (κ3) is 3.04. The maximum absolute atomic E-state index is 10.5. The Morgan fingerprint density at radius 1 is 1.59 bits per heavy atom. The number of nitrogens with one attached hydrogen (secondary N) is 1. The molecule has 94 valence electrons. The summed E-state index contributed by atoms with van der Waals surface area (Å²) in [4.78, 5) is 16.0. The Balaban J connectivity index is 0.00000144. The number of halogens is 1. The van der Waals surface area contributed by atoms with E-state index >= 15 is 0 Å². The number of hydrogen-bond donors (Lipinski definition) is 1. The molecule has 1 aromatic rings. The van der Waals surface area contributed by atoms with Crippen molar-refractivity contribution in [2.24, 2.45) is 0 Å². The van der Waals surface area contributed by atoms with Gasteiger partial charge in [-0.3, -0.25) is 0 Å². The predicted molar refractivity (Wildman–Crippen MR) is 67.8 cm³/mol. The summed E-state index contributed by atoms with van der Waals surface area (Å²) in [5.41, 5.74) is 0.944. The van der Waals surface area contributed by atoms with Crippen LogP contribution >= 0.6 is 12.4 Å². The van der Waals surface area contributed by atoms with Gasteiger partial charge in [-0.05, 0) is 22.9 Å². The van der Waals surface area contributed by atoms with E-state index in [2.05, 4.69) is 22.1 Å². The van der Waals surface area contributed by atoms with Crippen LogP contribution in [0.3, 0.4) is 0 Å². The monoisotopic (exact) mass is 258 g/mol. The molecule has 0 spiro atoms. The van der Waals surface area contributed by atoms with Crippen molar-refractivity contribution in [3.8, 4) is 0 Å². The maximum atomic E-state index is 10.5. The first-order valence-corrected chi connectivity index (χ1v) is 5.26. The molecule has 2 heterocycles. The minimum absolute atomic E-state index is 0. The van der Waals surface area contributed by atoms with Gasteiger partial charge in [0, 0.05) is 31.7 Å². The second-order valence-corrected chi connectivity index (χ2v) is 3.88. The van der Waals surface area contributed by atoms with Gasteiger partial charge in [-0.1, -0.05) is 0 Å². The first kappa shape index (κ1) is 13.7. The normalized spacial score (nSPS) is 19.6. The van der Waals surface area contributed by atoms with E-state index in [4.69, 9.17) is 0 Å². The van der Waals surface area contributed by atoms with Crippen LogP contribution in [0.15, 0.2) is 18.3 Å². The molecule has 0 bridgehead atoms. The van der Waals surface area contributed by atoms with E-state index in [1.807, 2.05) is 0 Å². The summed E-state index contributed by atoms with van der Waals surface area (Å²) >= 11 is 0. The van der Waals surface area contributed by atoms with Crippen LogP contribution in [0.5, 0.6) is 0 Å². The van der Waals surface area contributed by atoms with E-state index < -0.39 is 4.92 Å². The molecular weight excluding hydrogens is 244 g/mol. The minimum atomic E-state index is -0.481. The number of nitrogens with zero attached hydrogens (tertiary/aromatic N) is 3. The largest absolute Gasteiger partial charge is 0.363 e. The van der Waals surface area contributed by atoms with E-state index in [0.29, 0.717) is 6.04 Å². The van der Waals surface area contributed by atoms with Crippen LogP contribution in [0, 0.1) is 10.1 Å². The number of aromatic nitrogens is 1. The van der Waals surface area contributed by atoms with Crippen LogP contribution in [-0.4, -0.2) is 35.6 Å². The lowest BCUT2D eigenvalue weighted by Gasteiger charge is -2.34. The maximum Gasteiger partial charge on any atom is 0.363 e. The van der Waals surface area contributed by atoms with Crippen LogP contribution in [-0.2, 0) is 0 Å². The SMILES string of the molecule is CC1CNCCN1c1ccc([N+](=O)[O-])nc1.Cl. The zero-order valence-electron chi connectivity index (χ0n) is 9.50. The highest BCUT2D eigenvalue weighted by atomic mass is 35.5. The number of anilines is 1. The van der Waals surface area contributed by atoms with Crippen molar-refractivity contribution in [2.45, 2.75) is 13.0 Å². The van der Waals surface area contributed by atoms with Crippen molar-refractivity contribution < 1.29 is 4.92 Å². The summed E-state index contributed by atoms with van der Waals surface area (Å²) in [6, 6.07) is 3.59. The molecule has 1 unspecified atom stereocenters. The van der Waals surface area contributed by atoms with Gasteiger partial charge in [0.15, 0.2) is 6.20 Å². The summed E-state index contributed by atoms with van der Waals surface area (Å²) in [5.74, 6) is -0.105. The van der Waals surface area contributed by atoms with Crippen molar-refractivity contribution in [3.63, 3.8) is 0 Å². The molecule has 1 atom stereocenters. The number of hydrogen-bond acceptors (Lipinski definition) is 5. The van der Waals surface area contributed by atoms with Crippen LogP contribution in [0.1, 0.15) is 6.92 Å². The topological polar surface area (TPSA) is 71.3 Å². The Bertz CT molecular complexity index is 384. The highest BCUT2D eigenvalue weighted by molar-refractivity contribution is 5.85. The number of rotatable bonds is 2. The Hall–Kier alpha value is -1.40. The van der Waals surface area contributed by atoms with Gasteiger partial charge in [0.05, 0.1) is 5.69 Å². The van der Waals surface area contributed by atoms with Gasteiger partial charge >= 0.3 is 5.82 Å². The van der Waals surface area contributed by atoms with Crippen LogP contribution in [0.25, 0.3) is 0 Å². The summed E-state index contributed by atoms with van der Waals surface area (Å²) in [6.07, 6.45) is 1.57. The molecule has 1 aliphatic rings. The highest BCUT2D eigenvalue weighted by Gasteiger charge is 2.19. The molecule has 1 aliphatic heterocycles. The van der Waals surface area contributed by atoms with Crippen LogP contribution < -0.4 is 10.2 Å². The Morgan fingerprint density at radius 2 is 2.35 bits per heavy atom. The van der Waals surface area contributed by atoms with E-state index in [1.54, 1.807) is 12.3 Å². The number of nitro groups is 1. The van der Waals surface area contributed by atoms with E-state index in [0.717, 1.165) is 25.3 Å². The van der Waals surface area contributed by atoms with Gasteiger partial charge in [0.2, 0.25) is 0 Å². The molecule has 1 fully saturated rings. The minimum Gasteiger partial charge on any atom is -0.363 e. The Morgan fingerprint density at radius 3 is 2.88 bits per heavy atom. The zero-order valence-corrected chi connectivity index (χ0v) is 10.3.